The number of hydrogen-bond donors (Lipinski definition) is 2. The molecule has 2 atom stereocenters. The smallest absolute Gasteiger partial charge is 0.227 e. The maximum Gasteiger partial charge on any atom is 0.227 e. The van der Waals surface area contributed by atoms with E-state index in [2.05, 4.69) is 11.9 Å². The summed E-state index contributed by atoms with van der Waals surface area (Å²) in [5.74, 6) is 0.688. The number of β-amino-alcohol motifs (C(OH)–C–C–N with tert-alkyl or cyclic N) is 1. The van der Waals surface area contributed by atoms with Crippen LogP contribution >= 0.6 is 0 Å². The highest BCUT2D eigenvalue weighted by Gasteiger charge is 2.53. The minimum Gasteiger partial charge on any atom is -0.387 e. The highest BCUT2D eigenvalue weighted by molar-refractivity contribution is 5.89. The SMILES string of the molecule is C[C@@H]1CN(C(=O)Cc2c[nH]c3ccccc23)C[C@@]1(O)C1CC1. The third-order valence-electron chi connectivity index (χ3n) is 5.45. The molecule has 2 N–H and O–H groups in total. The molecule has 4 heteroatoms. The van der Waals surface area contributed by atoms with Gasteiger partial charge in [0.15, 0.2) is 0 Å². The highest BCUT2D eigenvalue weighted by atomic mass is 16.3. The lowest BCUT2D eigenvalue weighted by Gasteiger charge is -2.26. The average Bonchev–Trinajstić information content (AvgIpc) is 3.23. The van der Waals surface area contributed by atoms with Gasteiger partial charge in [-0.1, -0.05) is 25.1 Å². The van der Waals surface area contributed by atoms with E-state index in [0.29, 0.717) is 25.4 Å². The molecule has 0 bridgehead atoms. The van der Waals surface area contributed by atoms with Crippen LogP contribution in [0.4, 0.5) is 0 Å². The number of nitrogens with zero attached hydrogens (tertiary/aromatic N) is 1. The van der Waals surface area contributed by atoms with Crippen LogP contribution in [0, 0.1) is 11.8 Å². The number of rotatable bonds is 3. The van der Waals surface area contributed by atoms with Gasteiger partial charge in [-0.05, 0) is 30.4 Å². The summed E-state index contributed by atoms with van der Waals surface area (Å²) in [6.07, 6.45) is 4.53. The largest absolute Gasteiger partial charge is 0.387 e. The van der Waals surface area contributed by atoms with Crippen molar-refractivity contribution < 1.29 is 9.90 Å². The summed E-state index contributed by atoms with van der Waals surface area (Å²) in [6.45, 7) is 3.24. The van der Waals surface area contributed by atoms with Crippen molar-refractivity contribution in [2.24, 2.45) is 11.8 Å². The Bertz CT molecular complexity index is 719. The normalized spacial score (nSPS) is 28.5. The number of aromatic nitrogens is 1. The second kappa shape index (κ2) is 4.85. The molecular formula is C18H22N2O2. The van der Waals surface area contributed by atoms with Crippen LogP contribution in [0.1, 0.15) is 25.3 Å². The van der Waals surface area contributed by atoms with Crippen LogP contribution in [0.3, 0.4) is 0 Å². The molecule has 2 aromatic rings. The lowest BCUT2D eigenvalue weighted by atomic mass is 9.88. The zero-order valence-electron chi connectivity index (χ0n) is 12.9. The number of hydrogen-bond acceptors (Lipinski definition) is 2. The lowest BCUT2D eigenvalue weighted by molar-refractivity contribution is -0.130. The monoisotopic (exact) mass is 298 g/mol. The molecule has 0 unspecified atom stereocenters. The summed E-state index contributed by atoms with van der Waals surface area (Å²) in [5.41, 5.74) is 1.44. The molecule has 1 saturated heterocycles. The first-order valence-electron chi connectivity index (χ1n) is 8.13. The molecule has 1 aliphatic heterocycles. The van der Waals surface area contributed by atoms with E-state index in [1.54, 1.807) is 0 Å². The van der Waals surface area contributed by atoms with Crippen molar-refractivity contribution in [1.29, 1.82) is 0 Å². The van der Waals surface area contributed by atoms with Gasteiger partial charge >= 0.3 is 0 Å². The average molecular weight is 298 g/mol. The summed E-state index contributed by atoms with van der Waals surface area (Å²) < 4.78 is 0. The molecule has 0 spiro atoms. The lowest BCUT2D eigenvalue weighted by Crippen LogP contribution is -2.40. The maximum atomic E-state index is 12.6. The number of benzene rings is 1. The fourth-order valence-electron chi connectivity index (χ4n) is 3.87. The Morgan fingerprint density at radius 2 is 2.18 bits per heavy atom. The molecule has 1 saturated carbocycles. The Hall–Kier alpha value is -1.81. The van der Waals surface area contributed by atoms with Gasteiger partial charge in [-0.3, -0.25) is 4.79 Å². The van der Waals surface area contributed by atoms with Gasteiger partial charge in [0.1, 0.15) is 0 Å². The number of para-hydroxylation sites is 1. The molecule has 1 aliphatic carbocycles. The van der Waals surface area contributed by atoms with E-state index in [0.717, 1.165) is 29.3 Å². The van der Waals surface area contributed by atoms with Gasteiger partial charge in [-0.15, -0.1) is 0 Å². The Morgan fingerprint density at radius 3 is 2.95 bits per heavy atom. The summed E-state index contributed by atoms with van der Waals surface area (Å²) in [4.78, 5) is 17.7. The molecule has 1 aromatic carbocycles. The van der Waals surface area contributed by atoms with E-state index in [4.69, 9.17) is 0 Å². The molecule has 2 aliphatic rings. The van der Waals surface area contributed by atoms with Gasteiger partial charge in [0.25, 0.3) is 0 Å². The molecular weight excluding hydrogens is 276 g/mol. The first-order chi connectivity index (χ1) is 10.6. The summed E-state index contributed by atoms with van der Waals surface area (Å²) in [7, 11) is 0. The third-order valence-corrected chi connectivity index (χ3v) is 5.45. The van der Waals surface area contributed by atoms with E-state index in [-0.39, 0.29) is 11.8 Å². The summed E-state index contributed by atoms with van der Waals surface area (Å²) in [5, 5.41) is 11.9. The standard InChI is InChI=1S/C18H22N2O2/c1-12-10-20(11-18(12,22)14-6-7-14)17(21)8-13-9-19-16-5-3-2-4-15(13)16/h2-5,9,12,14,19,22H,6-8,10-11H2,1H3/t12-,18+/m1/s1. The Labute approximate surface area is 130 Å². The minimum atomic E-state index is -0.657. The van der Waals surface area contributed by atoms with Crippen molar-refractivity contribution in [3.8, 4) is 0 Å². The van der Waals surface area contributed by atoms with Gasteiger partial charge in [-0.2, -0.15) is 0 Å². The summed E-state index contributed by atoms with van der Waals surface area (Å²) >= 11 is 0. The predicted molar refractivity (Wildman–Crippen MR) is 85.4 cm³/mol. The zero-order valence-corrected chi connectivity index (χ0v) is 12.9. The van der Waals surface area contributed by atoms with Gasteiger partial charge in [0, 0.05) is 36.1 Å². The topological polar surface area (TPSA) is 56.3 Å². The van der Waals surface area contributed by atoms with Crippen LogP contribution in [0.15, 0.2) is 30.5 Å². The van der Waals surface area contributed by atoms with E-state index >= 15 is 0 Å². The first kappa shape index (κ1) is 13.8. The van der Waals surface area contributed by atoms with Crippen LogP contribution in [0.25, 0.3) is 10.9 Å². The van der Waals surface area contributed by atoms with E-state index < -0.39 is 5.60 Å². The number of carbonyl (C=O) groups is 1. The fourth-order valence-corrected chi connectivity index (χ4v) is 3.87. The molecule has 1 amide bonds. The van der Waals surface area contributed by atoms with Crippen LogP contribution in [0.2, 0.25) is 0 Å². The van der Waals surface area contributed by atoms with Crippen molar-refractivity contribution >= 4 is 16.8 Å². The Kier molecular flexibility index (Phi) is 3.05. The van der Waals surface area contributed by atoms with E-state index in [1.807, 2.05) is 35.4 Å². The number of fused-ring (bicyclic) bond motifs is 1. The number of H-pyrrole nitrogens is 1. The highest BCUT2D eigenvalue weighted by Crippen LogP contribution is 2.47. The Balaban J connectivity index is 1.51. The third kappa shape index (κ3) is 2.13. The van der Waals surface area contributed by atoms with Crippen molar-refractivity contribution in [2.75, 3.05) is 13.1 Å². The molecule has 1 aromatic heterocycles. The van der Waals surface area contributed by atoms with Crippen molar-refractivity contribution in [3.63, 3.8) is 0 Å². The van der Waals surface area contributed by atoms with Crippen LogP contribution in [-0.4, -0.2) is 39.6 Å². The Morgan fingerprint density at radius 1 is 1.41 bits per heavy atom. The minimum absolute atomic E-state index is 0.119. The van der Waals surface area contributed by atoms with Crippen LogP contribution in [0.5, 0.6) is 0 Å². The fraction of sp³-hybridized carbons (Fsp3) is 0.500. The second-order valence-corrected chi connectivity index (χ2v) is 6.98. The maximum absolute atomic E-state index is 12.6. The van der Waals surface area contributed by atoms with Gasteiger partial charge < -0.3 is 15.0 Å². The second-order valence-electron chi connectivity index (χ2n) is 6.98. The molecule has 116 valence electrons. The van der Waals surface area contributed by atoms with Crippen LogP contribution < -0.4 is 0 Å². The number of amides is 1. The number of nitrogens with one attached hydrogen (secondary N) is 1. The van der Waals surface area contributed by atoms with Crippen molar-refractivity contribution in [1.82, 2.24) is 9.88 Å². The number of aromatic amines is 1. The molecule has 22 heavy (non-hydrogen) atoms. The zero-order chi connectivity index (χ0) is 15.3. The molecule has 4 nitrogen and oxygen atoms in total. The van der Waals surface area contributed by atoms with E-state index in [1.165, 1.54) is 0 Å². The number of aliphatic hydroxyl groups is 1. The molecule has 2 heterocycles. The van der Waals surface area contributed by atoms with Gasteiger partial charge in [-0.25, -0.2) is 0 Å². The number of carbonyl (C=O) groups excluding carboxylic acids is 1. The molecule has 2 fully saturated rings. The first-order valence-corrected chi connectivity index (χ1v) is 8.13. The number of likely N-dealkylation sites (tertiary alicyclic amines) is 1. The molecule has 4 rings (SSSR count). The quantitative estimate of drug-likeness (QED) is 0.914. The van der Waals surface area contributed by atoms with Crippen molar-refractivity contribution in [3.05, 3.63) is 36.0 Å². The van der Waals surface area contributed by atoms with Gasteiger partial charge in [0.2, 0.25) is 5.91 Å². The summed E-state index contributed by atoms with van der Waals surface area (Å²) in [6, 6.07) is 8.05. The van der Waals surface area contributed by atoms with E-state index in [9.17, 15) is 9.90 Å². The van der Waals surface area contributed by atoms with Crippen LogP contribution in [-0.2, 0) is 11.2 Å². The van der Waals surface area contributed by atoms with Gasteiger partial charge in [0.05, 0.1) is 12.0 Å². The predicted octanol–water partition coefficient (Wildman–Crippen LogP) is 2.33. The van der Waals surface area contributed by atoms with Crippen molar-refractivity contribution in [2.45, 2.75) is 31.8 Å². The molecule has 0 radical (unpaired) electrons.